The highest BCUT2D eigenvalue weighted by Gasteiger charge is 2.04. The van der Waals surface area contributed by atoms with Crippen LogP contribution < -0.4 is 17.5 Å². The number of aliphatic carboxylic acids is 1. The third-order valence-corrected chi connectivity index (χ3v) is 0.900. The SMILES string of the molecule is CC(C)OC(=O)CCC(=O)[O-].[Cl-]. The van der Waals surface area contributed by atoms with Gasteiger partial charge in [-0.25, -0.2) is 0 Å². The summed E-state index contributed by atoms with van der Waals surface area (Å²) >= 11 is 0. The number of carbonyl (C=O) groups is 2. The van der Waals surface area contributed by atoms with E-state index in [9.17, 15) is 14.7 Å². The van der Waals surface area contributed by atoms with Crippen molar-refractivity contribution in [2.75, 3.05) is 0 Å². The number of ether oxygens (including phenoxy) is 1. The summed E-state index contributed by atoms with van der Waals surface area (Å²) in [6.45, 7) is 3.41. The minimum absolute atomic E-state index is 0. The summed E-state index contributed by atoms with van der Waals surface area (Å²) in [5.74, 6) is -1.73. The van der Waals surface area contributed by atoms with Crippen LogP contribution in [0.4, 0.5) is 0 Å². The molecule has 0 amide bonds. The van der Waals surface area contributed by atoms with Crippen molar-refractivity contribution in [3.8, 4) is 0 Å². The van der Waals surface area contributed by atoms with Gasteiger partial charge in [-0.2, -0.15) is 0 Å². The van der Waals surface area contributed by atoms with E-state index in [2.05, 4.69) is 4.74 Å². The predicted molar refractivity (Wildman–Crippen MR) is 35.5 cm³/mol. The first-order chi connectivity index (χ1) is 5.02. The molecule has 0 atom stereocenters. The van der Waals surface area contributed by atoms with E-state index in [0.717, 1.165) is 0 Å². The largest absolute Gasteiger partial charge is 1.00 e. The number of esters is 1. The summed E-state index contributed by atoms with van der Waals surface area (Å²) in [6, 6.07) is 0. The molecule has 0 unspecified atom stereocenters. The molecule has 0 N–H and O–H groups in total. The maximum Gasteiger partial charge on any atom is 0.306 e. The Morgan fingerprint density at radius 3 is 2.17 bits per heavy atom. The quantitative estimate of drug-likeness (QED) is 0.435. The van der Waals surface area contributed by atoms with Gasteiger partial charge in [-0.05, 0) is 20.3 Å². The second-order valence-electron chi connectivity index (χ2n) is 2.41. The van der Waals surface area contributed by atoms with Crippen LogP contribution >= 0.6 is 0 Å². The molecule has 0 fully saturated rings. The van der Waals surface area contributed by atoms with Gasteiger partial charge in [-0.3, -0.25) is 4.79 Å². The first-order valence-electron chi connectivity index (χ1n) is 3.41. The Morgan fingerprint density at radius 2 is 1.83 bits per heavy atom. The van der Waals surface area contributed by atoms with Crippen molar-refractivity contribution in [1.29, 1.82) is 0 Å². The van der Waals surface area contributed by atoms with Crippen LogP contribution in [0, 0.1) is 0 Å². The van der Waals surface area contributed by atoms with E-state index in [-0.39, 0.29) is 31.4 Å². The third kappa shape index (κ3) is 9.23. The first-order valence-corrected chi connectivity index (χ1v) is 3.41. The zero-order chi connectivity index (χ0) is 8.85. The highest BCUT2D eigenvalue weighted by Crippen LogP contribution is 1.95. The van der Waals surface area contributed by atoms with Crippen LogP contribution in [0.15, 0.2) is 0 Å². The lowest BCUT2D eigenvalue weighted by Gasteiger charge is -2.07. The molecule has 0 saturated carbocycles. The van der Waals surface area contributed by atoms with Crippen molar-refractivity contribution in [2.24, 2.45) is 0 Å². The number of halogens is 1. The molecule has 0 aliphatic heterocycles. The highest BCUT2D eigenvalue weighted by atomic mass is 35.5. The first kappa shape index (κ1) is 13.8. The average molecular weight is 195 g/mol. The zero-order valence-corrected chi connectivity index (χ0v) is 7.76. The van der Waals surface area contributed by atoms with Gasteiger partial charge in [-0.1, -0.05) is 0 Å². The number of carboxylic acids is 1. The Morgan fingerprint density at radius 1 is 1.33 bits per heavy atom. The maximum absolute atomic E-state index is 10.6. The van der Waals surface area contributed by atoms with Gasteiger partial charge in [0.05, 0.1) is 12.5 Å². The van der Waals surface area contributed by atoms with Crippen molar-refractivity contribution in [1.82, 2.24) is 0 Å². The van der Waals surface area contributed by atoms with Gasteiger partial charge < -0.3 is 27.0 Å². The lowest BCUT2D eigenvalue weighted by atomic mass is 10.3. The lowest BCUT2D eigenvalue weighted by molar-refractivity contribution is -0.305. The molecule has 0 aliphatic carbocycles. The van der Waals surface area contributed by atoms with Crippen molar-refractivity contribution in [3.63, 3.8) is 0 Å². The molecule has 0 aromatic rings. The number of hydrogen-bond donors (Lipinski definition) is 0. The molecular weight excluding hydrogens is 184 g/mol. The Bertz CT molecular complexity index is 155. The van der Waals surface area contributed by atoms with Gasteiger partial charge >= 0.3 is 5.97 Å². The van der Waals surface area contributed by atoms with Crippen molar-refractivity contribution in [2.45, 2.75) is 32.8 Å². The molecule has 0 spiro atoms. The molecule has 5 heteroatoms. The number of hydrogen-bond acceptors (Lipinski definition) is 4. The summed E-state index contributed by atoms with van der Waals surface area (Å²) in [4.78, 5) is 20.5. The van der Waals surface area contributed by atoms with Crippen LogP contribution in [-0.4, -0.2) is 18.0 Å². The number of rotatable bonds is 4. The van der Waals surface area contributed by atoms with E-state index in [4.69, 9.17) is 0 Å². The van der Waals surface area contributed by atoms with Crippen molar-refractivity contribution in [3.05, 3.63) is 0 Å². The number of carbonyl (C=O) groups excluding carboxylic acids is 2. The van der Waals surface area contributed by atoms with Gasteiger partial charge in [0.25, 0.3) is 0 Å². The molecule has 72 valence electrons. The monoisotopic (exact) mass is 194 g/mol. The Labute approximate surface area is 77.3 Å². The van der Waals surface area contributed by atoms with E-state index in [1.54, 1.807) is 13.8 Å². The third-order valence-electron chi connectivity index (χ3n) is 0.900. The fourth-order valence-corrected chi connectivity index (χ4v) is 0.526. The molecule has 0 rings (SSSR count). The van der Waals surface area contributed by atoms with Crippen molar-refractivity contribution < 1.29 is 31.8 Å². The number of carboxylic acid groups (broad SMARTS) is 1. The van der Waals surface area contributed by atoms with Gasteiger partial charge in [0.15, 0.2) is 0 Å². The molecule has 0 aromatic carbocycles. The molecule has 12 heavy (non-hydrogen) atoms. The van der Waals surface area contributed by atoms with Crippen LogP contribution in [0.2, 0.25) is 0 Å². The minimum atomic E-state index is -1.23. The maximum atomic E-state index is 10.6. The molecule has 0 saturated heterocycles. The van der Waals surface area contributed by atoms with Crippen LogP contribution in [0.5, 0.6) is 0 Å². The fraction of sp³-hybridized carbons (Fsp3) is 0.714. The molecule has 4 nitrogen and oxygen atoms in total. The molecular formula is C7H11ClO4-2. The van der Waals surface area contributed by atoms with Crippen LogP contribution in [0.25, 0.3) is 0 Å². The van der Waals surface area contributed by atoms with Crippen LogP contribution in [-0.2, 0) is 14.3 Å². The summed E-state index contributed by atoms with van der Waals surface area (Å²) in [7, 11) is 0. The average Bonchev–Trinajstić information content (AvgIpc) is 1.82. The highest BCUT2D eigenvalue weighted by molar-refractivity contribution is 5.75. The summed E-state index contributed by atoms with van der Waals surface area (Å²) < 4.78 is 4.67. The van der Waals surface area contributed by atoms with E-state index in [0.29, 0.717) is 0 Å². The Hall–Kier alpha value is -0.770. The van der Waals surface area contributed by atoms with E-state index in [1.165, 1.54) is 0 Å². The van der Waals surface area contributed by atoms with E-state index >= 15 is 0 Å². The van der Waals surface area contributed by atoms with Gasteiger partial charge in [0, 0.05) is 5.97 Å². The predicted octanol–water partition coefficient (Wildman–Crippen LogP) is -3.53. The van der Waals surface area contributed by atoms with Gasteiger partial charge in [0.2, 0.25) is 0 Å². The summed E-state index contributed by atoms with van der Waals surface area (Å²) in [6.07, 6.45) is -0.573. The zero-order valence-electron chi connectivity index (χ0n) is 7.00. The Kier molecular flexibility index (Phi) is 7.94. The smallest absolute Gasteiger partial charge is 0.306 e. The normalized spacial score (nSPS) is 8.92. The molecule has 0 heterocycles. The molecule has 0 aromatic heterocycles. The standard InChI is InChI=1S/C7H12O4.ClH/c1-5(2)11-7(10)4-3-6(8)9;/h5H,3-4H2,1-2H3,(H,8,9);1H/p-2. The Balaban J connectivity index is 0. The fourth-order valence-electron chi connectivity index (χ4n) is 0.526. The van der Waals surface area contributed by atoms with Crippen LogP contribution in [0.1, 0.15) is 26.7 Å². The lowest BCUT2D eigenvalue weighted by Crippen LogP contribution is -3.00. The topological polar surface area (TPSA) is 66.4 Å². The molecule has 0 radical (unpaired) electrons. The summed E-state index contributed by atoms with van der Waals surface area (Å²) in [5.41, 5.74) is 0. The molecule has 0 bridgehead atoms. The van der Waals surface area contributed by atoms with Gasteiger partial charge in [-0.15, -0.1) is 0 Å². The summed E-state index contributed by atoms with van der Waals surface area (Å²) in [5, 5.41) is 9.87. The van der Waals surface area contributed by atoms with E-state index in [1.807, 2.05) is 0 Å². The molecule has 0 aliphatic rings. The van der Waals surface area contributed by atoms with Crippen molar-refractivity contribution >= 4 is 11.9 Å². The van der Waals surface area contributed by atoms with E-state index < -0.39 is 11.9 Å². The van der Waals surface area contributed by atoms with Crippen LogP contribution in [0.3, 0.4) is 0 Å². The minimum Gasteiger partial charge on any atom is -1.00 e. The second-order valence-corrected chi connectivity index (χ2v) is 2.41. The second kappa shape index (κ2) is 6.91. The van der Waals surface area contributed by atoms with Gasteiger partial charge in [0.1, 0.15) is 0 Å².